The Morgan fingerprint density at radius 3 is 2.65 bits per heavy atom. The summed E-state index contributed by atoms with van der Waals surface area (Å²) in [6.07, 6.45) is 0.930. The van der Waals surface area contributed by atoms with Crippen molar-refractivity contribution in [2.75, 3.05) is 6.61 Å². The molecule has 0 aromatic heterocycles. The molecule has 1 heterocycles. The Morgan fingerprint density at radius 1 is 1.47 bits per heavy atom. The van der Waals surface area contributed by atoms with Gasteiger partial charge in [-0.1, -0.05) is 0 Å². The highest BCUT2D eigenvalue weighted by atomic mass is 127. The van der Waals surface area contributed by atoms with Crippen LogP contribution in [0.15, 0.2) is 24.3 Å². The Balaban J connectivity index is 2.09. The molecule has 0 saturated carbocycles. The molecule has 17 heavy (non-hydrogen) atoms. The van der Waals surface area contributed by atoms with E-state index in [9.17, 15) is 4.79 Å². The van der Waals surface area contributed by atoms with Gasteiger partial charge in [0.1, 0.15) is 0 Å². The fraction of sp³-hybridized carbons (Fsp3) is 0.462. The van der Waals surface area contributed by atoms with Gasteiger partial charge in [-0.05, 0) is 67.1 Å². The molecule has 4 heteroatoms. The molecule has 1 amide bonds. The van der Waals surface area contributed by atoms with Gasteiger partial charge in [-0.25, -0.2) is 0 Å². The van der Waals surface area contributed by atoms with Crippen molar-refractivity contribution in [3.8, 4) is 0 Å². The van der Waals surface area contributed by atoms with Crippen molar-refractivity contribution in [2.24, 2.45) is 0 Å². The van der Waals surface area contributed by atoms with Gasteiger partial charge in [-0.3, -0.25) is 4.79 Å². The van der Waals surface area contributed by atoms with Crippen LogP contribution in [0.4, 0.5) is 0 Å². The molecule has 2 atom stereocenters. The molecule has 1 N–H and O–H groups in total. The first-order chi connectivity index (χ1) is 8.01. The van der Waals surface area contributed by atoms with Gasteiger partial charge < -0.3 is 10.1 Å². The van der Waals surface area contributed by atoms with Gasteiger partial charge in [0.25, 0.3) is 5.91 Å². The largest absolute Gasteiger partial charge is 0.376 e. The van der Waals surface area contributed by atoms with Crippen LogP contribution in [-0.4, -0.2) is 24.2 Å². The highest BCUT2D eigenvalue weighted by molar-refractivity contribution is 14.1. The van der Waals surface area contributed by atoms with E-state index >= 15 is 0 Å². The SMILES string of the molecule is CC1OCCC1(C)NC(=O)c1ccc(I)cc1. The summed E-state index contributed by atoms with van der Waals surface area (Å²) in [6, 6.07) is 7.57. The number of carbonyl (C=O) groups excluding carboxylic acids is 1. The monoisotopic (exact) mass is 345 g/mol. The van der Waals surface area contributed by atoms with Gasteiger partial charge >= 0.3 is 0 Å². The van der Waals surface area contributed by atoms with Crippen molar-refractivity contribution in [1.29, 1.82) is 0 Å². The minimum atomic E-state index is -0.250. The van der Waals surface area contributed by atoms with E-state index in [1.54, 1.807) is 0 Å². The van der Waals surface area contributed by atoms with E-state index in [1.165, 1.54) is 0 Å². The fourth-order valence-corrected chi connectivity index (χ4v) is 2.29. The summed E-state index contributed by atoms with van der Waals surface area (Å²) >= 11 is 2.22. The topological polar surface area (TPSA) is 38.3 Å². The highest BCUT2D eigenvalue weighted by Crippen LogP contribution is 2.25. The predicted molar refractivity (Wildman–Crippen MR) is 75.1 cm³/mol. The number of halogens is 1. The number of carbonyl (C=O) groups is 1. The Hall–Kier alpha value is -0.620. The molecule has 1 saturated heterocycles. The molecule has 1 aromatic rings. The fourth-order valence-electron chi connectivity index (χ4n) is 1.93. The van der Waals surface area contributed by atoms with Gasteiger partial charge in [0.2, 0.25) is 0 Å². The minimum absolute atomic E-state index is 0.0266. The first kappa shape index (κ1) is 12.8. The number of hydrogen-bond donors (Lipinski definition) is 1. The molecule has 0 aliphatic carbocycles. The first-order valence-corrected chi connectivity index (χ1v) is 6.79. The number of benzene rings is 1. The average molecular weight is 345 g/mol. The standard InChI is InChI=1S/C13H16INO2/c1-9-13(2,7-8-17-9)15-12(16)10-3-5-11(14)6-4-10/h3-6,9H,7-8H2,1-2H3,(H,15,16). The quantitative estimate of drug-likeness (QED) is 0.837. The normalized spacial score (nSPS) is 28.1. The lowest BCUT2D eigenvalue weighted by atomic mass is 9.94. The third-order valence-corrected chi connectivity index (χ3v) is 4.11. The number of nitrogens with one attached hydrogen (secondary N) is 1. The van der Waals surface area contributed by atoms with E-state index in [0.29, 0.717) is 12.2 Å². The zero-order valence-corrected chi connectivity index (χ0v) is 12.2. The van der Waals surface area contributed by atoms with Crippen LogP contribution in [0, 0.1) is 3.57 Å². The van der Waals surface area contributed by atoms with Gasteiger partial charge in [-0.15, -0.1) is 0 Å². The molecule has 1 aromatic carbocycles. The van der Waals surface area contributed by atoms with Crippen LogP contribution in [0.3, 0.4) is 0 Å². The maximum absolute atomic E-state index is 12.1. The second-order valence-electron chi connectivity index (χ2n) is 4.64. The summed E-state index contributed by atoms with van der Waals surface area (Å²) in [6.45, 7) is 4.75. The second-order valence-corrected chi connectivity index (χ2v) is 5.89. The van der Waals surface area contributed by atoms with Crippen LogP contribution in [0.5, 0.6) is 0 Å². The van der Waals surface area contributed by atoms with Gasteiger partial charge in [-0.2, -0.15) is 0 Å². The maximum Gasteiger partial charge on any atom is 0.251 e. The van der Waals surface area contributed by atoms with E-state index in [-0.39, 0.29) is 17.6 Å². The van der Waals surface area contributed by atoms with Crippen molar-refractivity contribution in [2.45, 2.75) is 31.9 Å². The van der Waals surface area contributed by atoms with Gasteiger partial charge in [0.05, 0.1) is 11.6 Å². The van der Waals surface area contributed by atoms with Crippen LogP contribution in [-0.2, 0) is 4.74 Å². The molecular weight excluding hydrogens is 329 g/mol. The Morgan fingerprint density at radius 2 is 2.12 bits per heavy atom. The smallest absolute Gasteiger partial charge is 0.251 e. The summed E-state index contributed by atoms with van der Waals surface area (Å²) in [5.74, 6) is -0.0266. The van der Waals surface area contributed by atoms with Crippen LogP contribution in [0.1, 0.15) is 30.6 Å². The molecule has 1 fully saturated rings. The first-order valence-electron chi connectivity index (χ1n) is 5.71. The maximum atomic E-state index is 12.1. The van der Waals surface area contributed by atoms with Gasteiger partial charge in [0.15, 0.2) is 0 Å². The summed E-state index contributed by atoms with van der Waals surface area (Å²) < 4.78 is 6.64. The Bertz CT molecular complexity index is 418. The van der Waals surface area contributed by atoms with Crippen molar-refractivity contribution < 1.29 is 9.53 Å². The van der Waals surface area contributed by atoms with Crippen molar-refractivity contribution in [3.63, 3.8) is 0 Å². The Labute approximate surface area is 115 Å². The lowest BCUT2D eigenvalue weighted by molar-refractivity contribution is 0.0727. The van der Waals surface area contributed by atoms with E-state index in [4.69, 9.17) is 4.74 Å². The molecule has 1 aliphatic rings. The minimum Gasteiger partial charge on any atom is -0.376 e. The summed E-state index contributed by atoms with van der Waals surface area (Å²) in [4.78, 5) is 12.1. The van der Waals surface area contributed by atoms with Gasteiger partial charge in [0, 0.05) is 15.7 Å². The third kappa shape index (κ3) is 2.80. The molecular formula is C13H16INO2. The molecule has 92 valence electrons. The van der Waals surface area contributed by atoms with Crippen molar-refractivity contribution in [1.82, 2.24) is 5.32 Å². The highest BCUT2D eigenvalue weighted by Gasteiger charge is 2.38. The lowest BCUT2D eigenvalue weighted by Gasteiger charge is -2.28. The van der Waals surface area contributed by atoms with Crippen LogP contribution >= 0.6 is 22.6 Å². The van der Waals surface area contributed by atoms with Crippen LogP contribution in [0.2, 0.25) is 0 Å². The lowest BCUT2D eigenvalue weighted by Crippen LogP contribution is -2.50. The second kappa shape index (κ2) is 4.94. The number of amides is 1. The molecule has 2 rings (SSSR count). The molecule has 0 spiro atoms. The molecule has 0 radical (unpaired) electrons. The molecule has 2 unspecified atom stereocenters. The number of hydrogen-bond acceptors (Lipinski definition) is 2. The zero-order chi connectivity index (χ0) is 12.5. The average Bonchev–Trinajstić information content (AvgIpc) is 2.60. The van der Waals surface area contributed by atoms with Crippen molar-refractivity contribution in [3.05, 3.63) is 33.4 Å². The van der Waals surface area contributed by atoms with E-state index in [1.807, 2.05) is 38.1 Å². The van der Waals surface area contributed by atoms with E-state index < -0.39 is 0 Å². The molecule has 3 nitrogen and oxygen atoms in total. The summed E-state index contributed by atoms with van der Waals surface area (Å²) in [5.41, 5.74) is 0.450. The number of rotatable bonds is 2. The van der Waals surface area contributed by atoms with E-state index in [0.717, 1.165) is 9.99 Å². The van der Waals surface area contributed by atoms with Crippen LogP contribution < -0.4 is 5.32 Å². The predicted octanol–water partition coefficient (Wildman–Crippen LogP) is 2.59. The zero-order valence-electron chi connectivity index (χ0n) is 10.00. The van der Waals surface area contributed by atoms with Crippen molar-refractivity contribution >= 4 is 28.5 Å². The van der Waals surface area contributed by atoms with E-state index in [2.05, 4.69) is 27.9 Å². The molecule has 0 bridgehead atoms. The third-order valence-electron chi connectivity index (χ3n) is 3.39. The summed E-state index contributed by atoms with van der Waals surface area (Å²) in [7, 11) is 0. The van der Waals surface area contributed by atoms with Crippen LogP contribution in [0.25, 0.3) is 0 Å². The molecule has 1 aliphatic heterocycles. The summed E-state index contributed by atoms with van der Waals surface area (Å²) in [5, 5.41) is 3.07. The Kier molecular flexibility index (Phi) is 3.73. The number of ether oxygens (including phenoxy) is 1.